The number of nitrogens with zero attached hydrogens (tertiary/aromatic N) is 3. The largest absolute Gasteiger partial charge is 0.480 e. The summed E-state index contributed by atoms with van der Waals surface area (Å²) in [5.41, 5.74) is 2.18. The summed E-state index contributed by atoms with van der Waals surface area (Å²) in [4.78, 5) is 8.22. The van der Waals surface area contributed by atoms with Gasteiger partial charge in [0.25, 0.3) is 6.01 Å². The number of aromatic hydroxyl groups is 1. The Balaban J connectivity index is 2.88. The molecule has 19 heavy (non-hydrogen) atoms. The first-order valence-electron chi connectivity index (χ1n) is 6.20. The van der Waals surface area contributed by atoms with E-state index < -0.39 is 0 Å². The predicted molar refractivity (Wildman–Crippen MR) is 74.7 cm³/mol. The van der Waals surface area contributed by atoms with Gasteiger partial charge in [0.15, 0.2) is 5.65 Å². The predicted octanol–water partition coefficient (Wildman–Crippen LogP) is 2.46. The normalized spacial score (nSPS) is 10.6. The fourth-order valence-corrected chi connectivity index (χ4v) is 2.30. The Kier molecular flexibility index (Phi) is 3.44. The van der Waals surface area contributed by atoms with Gasteiger partial charge in [0.05, 0.1) is 11.1 Å². The monoisotopic (exact) mass is 253 g/mol. The van der Waals surface area contributed by atoms with Crippen LogP contribution in [0.25, 0.3) is 11.2 Å². The summed E-state index contributed by atoms with van der Waals surface area (Å²) in [6.45, 7) is 4.10. The van der Waals surface area contributed by atoms with Crippen molar-refractivity contribution in [2.24, 2.45) is 0 Å². The average Bonchev–Trinajstić information content (AvgIpc) is 2.76. The van der Waals surface area contributed by atoms with Gasteiger partial charge in [-0.1, -0.05) is 25.7 Å². The summed E-state index contributed by atoms with van der Waals surface area (Å²) in [6, 6.07) is 0.0498. The minimum Gasteiger partial charge on any atom is -0.480 e. The van der Waals surface area contributed by atoms with Crippen LogP contribution in [0.1, 0.15) is 43.9 Å². The lowest BCUT2D eigenvalue weighted by Crippen LogP contribution is -2.07. The highest BCUT2D eigenvalue weighted by Crippen LogP contribution is 2.30. The average molecular weight is 253 g/mol. The number of terminal acetylenes is 2. The maximum atomic E-state index is 10.0. The molecule has 0 fully saturated rings. The van der Waals surface area contributed by atoms with E-state index in [4.69, 9.17) is 12.8 Å². The molecule has 96 valence electrons. The zero-order valence-electron chi connectivity index (χ0n) is 11.0. The molecule has 2 aromatic heterocycles. The van der Waals surface area contributed by atoms with E-state index in [1.54, 1.807) is 4.57 Å². The van der Waals surface area contributed by atoms with E-state index in [1.807, 2.05) is 13.8 Å². The fourth-order valence-electron chi connectivity index (χ4n) is 2.30. The summed E-state index contributed by atoms with van der Waals surface area (Å²) in [5.74, 6) is 5.11. The minimum atomic E-state index is -0.0677. The first kappa shape index (κ1) is 13.0. The molecule has 0 bridgehead atoms. The minimum absolute atomic E-state index is 0.0677. The summed E-state index contributed by atoms with van der Waals surface area (Å²) < 4.78 is 1.73. The zero-order chi connectivity index (χ0) is 14.0. The van der Waals surface area contributed by atoms with Crippen molar-refractivity contribution < 1.29 is 5.11 Å². The summed E-state index contributed by atoms with van der Waals surface area (Å²) in [6.07, 6.45) is 14.2. The molecule has 0 atom stereocenters. The van der Waals surface area contributed by atoms with Crippen LogP contribution in [0.4, 0.5) is 0 Å². The molecule has 0 spiro atoms. The van der Waals surface area contributed by atoms with Gasteiger partial charge in [-0.2, -0.15) is 4.98 Å². The van der Waals surface area contributed by atoms with Gasteiger partial charge in [0.1, 0.15) is 5.52 Å². The summed E-state index contributed by atoms with van der Waals surface area (Å²) >= 11 is 0. The Morgan fingerprint density at radius 1 is 1.32 bits per heavy atom. The molecule has 4 heteroatoms. The molecule has 4 nitrogen and oxygen atoms in total. The van der Waals surface area contributed by atoms with Crippen molar-refractivity contribution >= 4 is 11.2 Å². The Morgan fingerprint density at radius 2 is 2.00 bits per heavy atom. The number of hydrogen-bond donors (Lipinski definition) is 1. The molecule has 0 aliphatic rings. The number of imidazole rings is 1. The number of aromatic nitrogens is 3. The summed E-state index contributed by atoms with van der Waals surface area (Å²) in [7, 11) is 0. The Hall–Kier alpha value is -2.46. The molecule has 2 rings (SSSR count). The highest BCUT2D eigenvalue weighted by Gasteiger charge is 2.20. The van der Waals surface area contributed by atoms with Crippen molar-refractivity contribution in [2.45, 2.75) is 32.7 Å². The Bertz CT molecular complexity index is 697. The number of pyridine rings is 1. The molecule has 0 aromatic carbocycles. The molecule has 1 N–H and O–H groups in total. The maximum Gasteiger partial charge on any atom is 0.296 e. The summed E-state index contributed by atoms with van der Waals surface area (Å²) in [5, 5.41) is 10.0. The van der Waals surface area contributed by atoms with E-state index in [-0.39, 0.29) is 12.1 Å². The number of fused-ring (bicyclic) bond motifs is 1. The first-order valence-corrected chi connectivity index (χ1v) is 6.20. The molecule has 0 unspecified atom stereocenters. The van der Waals surface area contributed by atoms with Gasteiger partial charge in [-0.05, 0) is 12.8 Å². The van der Waals surface area contributed by atoms with Gasteiger partial charge in [0.2, 0.25) is 0 Å². The van der Waals surface area contributed by atoms with Crippen LogP contribution in [0.15, 0.2) is 6.20 Å². The molecule has 0 radical (unpaired) electrons. The van der Waals surface area contributed by atoms with Gasteiger partial charge >= 0.3 is 0 Å². The van der Waals surface area contributed by atoms with E-state index >= 15 is 0 Å². The highest BCUT2D eigenvalue weighted by molar-refractivity contribution is 5.82. The molecule has 0 aliphatic carbocycles. The molecule has 0 aliphatic heterocycles. The third kappa shape index (κ3) is 1.92. The van der Waals surface area contributed by atoms with Gasteiger partial charge < -0.3 is 5.11 Å². The third-order valence-electron chi connectivity index (χ3n) is 3.30. The van der Waals surface area contributed by atoms with Crippen LogP contribution >= 0.6 is 0 Å². The van der Waals surface area contributed by atoms with Crippen molar-refractivity contribution in [3.05, 3.63) is 17.3 Å². The number of rotatable bonds is 3. The van der Waals surface area contributed by atoms with Gasteiger partial charge in [-0.15, -0.1) is 12.8 Å². The first-order chi connectivity index (χ1) is 9.17. The Labute approximate surface area is 112 Å². The standard InChI is InChI=1S/C15H15N3O/c1-5-10-9-16-14-13(12(10)8-4)18(15(19)17-14)11(6-2)7-3/h1,4,9,11H,6-7H2,2-3H3,(H,16,17,19). The molecule has 2 heterocycles. The molecule has 0 saturated carbocycles. The van der Waals surface area contributed by atoms with Gasteiger partial charge in [-0.3, -0.25) is 4.57 Å². The van der Waals surface area contributed by atoms with Crippen molar-refractivity contribution in [1.82, 2.24) is 14.5 Å². The number of hydrogen-bond acceptors (Lipinski definition) is 3. The second kappa shape index (κ2) is 5.04. The molecule has 2 aromatic rings. The van der Waals surface area contributed by atoms with E-state index in [1.165, 1.54) is 6.20 Å². The zero-order valence-corrected chi connectivity index (χ0v) is 11.0. The lowest BCUT2D eigenvalue weighted by molar-refractivity contribution is 0.361. The lowest BCUT2D eigenvalue weighted by atomic mass is 10.1. The molecule has 0 saturated heterocycles. The Morgan fingerprint density at radius 3 is 2.53 bits per heavy atom. The van der Waals surface area contributed by atoms with Gasteiger partial charge in [-0.25, -0.2) is 4.98 Å². The van der Waals surface area contributed by atoms with Crippen LogP contribution < -0.4 is 0 Å². The quantitative estimate of drug-likeness (QED) is 0.855. The van der Waals surface area contributed by atoms with Crippen molar-refractivity contribution in [3.8, 4) is 30.7 Å². The van der Waals surface area contributed by atoms with Gasteiger partial charge in [0, 0.05) is 12.2 Å². The molecule has 0 amide bonds. The fraction of sp³-hybridized carbons (Fsp3) is 0.333. The third-order valence-corrected chi connectivity index (χ3v) is 3.30. The van der Waals surface area contributed by atoms with Crippen molar-refractivity contribution in [2.75, 3.05) is 0 Å². The van der Waals surface area contributed by atoms with Crippen LogP contribution in [-0.2, 0) is 0 Å². The highest BCUT2D eigenvalue weighted by atomic mass is 16.3. The van der Waals surface area contributed by atoms with E-state index in [0.717, 1.165) is 12.8 Å². The smallest absolute Gasteiger partial charge is 0.296 e. The second-order valence-electron chi connectivity index (χ2n) is 4.26. The van der Waals surface area contributed by atoms with Crippen LogP contribution in [0.5, 0.6) is 6.01 Å². The topological polar surface area (TPSA) is 50.9 Å². The van der Waals surface area contributed by atoms with E-state index in [0.29, 0.717) is 22.3 Å². The van der Waals surface area contributed by atoms with Crippen LogP contribution in [0.2, 0.25) is 0 Å². The van der Waals surface area contributed by atoms with Crippen LogP contribution in [0, 0.1) is 24.7 Å². The van der Waals surface area contributed by atoms with Crippen LogP contribution in [-0.4, -0.2) is 19.6 Å². The van der Waals surface area contributed by atoms with Crippen molar-refractivity contribution in [3.63, 3.8) is 0 Å². The van der Waals surface area contributed by atoms with Crippen LogP contribution in [0.3, 0.4) is 0 Å². The maximum absolute atomic E-state index is 10.0. The van der Waals surface area contributed by atoms with E-state index in [2.05, 4.69) is 21.8 Å². The van der Waals surface area contributed by atoms with E-state index in [9.17, 15) is 5.11 Å². The second-order valence-corrected chi connectivity index (χ2v) is 4.26. The molecular weight excluding hydrogens is 238 g/mol. The SMILES string of the molecule is C#Cc1cnc2nc(O)n(C(CC)CC)c2c1C#C. The molecular formula is C15H15N3O. The lowest BCUT2D eigenvalue weighted by Gasteiger charge is -2.16. The van der Waals surface area contributed by atoms with Crippen molar-refractivity contribution in [1.29, 1.82) is 0 Å².